The topological polar surface area (TPSA) is 89.6 Å². The minimum Gasteiger partial charge on any atom is -0.431 e. The van der Waals surface area contributed by atoms with E-state index in [9.17, 15) is 8.78 Å². The summed E-state index contributed by atoms with van der Waals surface area (Å²) < 4.78 is 35.7. The molecule has 29 heavy (non-hydrogen) atoms. The van der Waals surface area contributed by atoms with Gasteiger partial charge in [0.1, 0.15) is 5.82 Å². The standard InChI is InChI=1S/C19H22F2N6O2/c20-18(21)29-14-6-12(8-23-17(14)22)13-7-16(25-19(24-13)26-3-1-4-26)27-9-11-2-5-28-15(11)10-27/h6-8,11,15,18H,1-5,9-10H2,(H2,22,23). The second kappa shape index (κ2) is 7.25. The quantitative estimate of drug-likeness (QED) is 0.811. The van der Waals surface area contributed by atoms with E-state index in [2.05, 4.69) is 24.5 Å². The molecule has 5 rings (SSSR count). The van der Waals surface area contributed by atoms with Gasteiger partial charge in [-0.05, 0) is 18.9 Å². The summed E-state index contributed by atoms with van der Waals surface area (Å²) in [6, 6.07) is 3.31. The predicted octanol–water partition coefficient (Wildman–Crippen LogP) is 2.16. The van der Waals surface area contributed by atoms with Gasteiger partial charge in [0.25, 0.3) is 0 Å². The van der Waals surface area contributed by atoms with Crippen LogP contribution in [0.4, 0.5) is 26.4 Å². The van der Waals surface area contributed by atoms with Crippen molar-refractivity contribution in [3.05, 3.63) is 18.3 Å². The molecule has 3 saturated heterocycles. The van der Waals surface area contributed by atoms with E-state index in [1.807, 2.05) is 6.07 Å². The van der Waals surface area contributed by atoms with Crippen molar-refractivity contribution in [2.45, 2.75) is 25.6 Å². The van der Waals surface area contributed by atoms with Crippen molar-refractivity contribution in [3.63, 3.8) is 0 Å². The fourth-order valence-corrected chi connectivity index (χ4v) is 4.04. The molecule has 2 atom stereocenters. The third-order valence-electron chi connectivity index (χ3n) is 5.76. The van der Waals surface area contributed by atoms with E-state index < -0.39 is 6.61 Å². The first-order valence-corrected chi connectivity index (χ1v) is 9.78. The number of hydrogen-bond donors (Lipinski definition) is 1. The average molecular weight is 404 g/mol. The van der Waals surface area contributed by atoms with E-state index in [0.717, 1.165) is 51.4 Å². The fourth-order valence-electron chi connectivity index (χ4n) is 4.04. The summed E-state index contributed by atoms with van der Waals surface area (Å²) in [6.07, 6.45) is 3.92. The van der Waals surface area contributed by atoms with Crippen molar-refractivity contribution in [1.29, 1.82) is 0 Å². The number of alkyl halides is 2. The Hall–Kier alpha value is -2.75. The Morgan fingerprint density at radius 3 is 2.76 bits per heavy atom. The molecule has 10 heteroatoms. The number of nitrogens with zero attached hydrogens (tertiary/aromatic N) is 5. The van der Waals surface area contributed by atoms with Gasteiger partial charge in [-0.25, -0.2) is 9.97 Å². The number of nitrogens with two attached hydrogens (primary N) is 1. The molecule has 0 radical (unpaired) electrons. The molecule has 0 spiro atoms. The Labute approximate surface area is 166 Å². The van der Waals surface area contributed by atoms with E-state index in [1.165, 1.54) is 12.3 Å². The number of hydrogen-bond acceptors (Lipinski definition) is 8. The lowest BCUT2D eigenvalue weighted by molar-refractivity contribution is -0.0494. The second-order valence-electron chi connectivity index (χ2n) is 7.60. The first kappa shape index (κ1) is 18.3. The van der Waals surface area contributed by atoms with Gasteiger partial charge >= 0.3 is 6.61 Å². The van der Waals surface area contributed by atoms with E-state index >= 15 is 0 Å². The van der Waals surface area contributed by atoms with Crippen molar-refractivity contribution in [2.75, 3.05) is 48.3 Å². The van der Waals surface area contributed by atoms with E-state index in [-0.39, 0.29) is 17.7 Å². The molecule has 0 aromatic carbocycles. The minimum absolute atomic E-state index is 0.0872. The van der Waals surface area contributed by atoms with Gasteiger partial charge in [0.2, 0.25) is 5.95 Å². The molecule has 0 aliphatic carbocycles. The summed E-state index contributed by atoms with van der Waals surface area (Å²) in [7, 11) is 0. The Kier molecular flexibility index (Phi) is 4.57. The van der Waals surface area contributed by atoms with Gasteiger partial charge in [0.05, 0.1) is 11.8 Å². The number of anilines is 3. The maximum atomic E-state index is 12.7. The average Bonchev–Trinajstić information content (AvgIpc) is 3.23. The molecule has 0 bridgehead atoms. The van der Waals surface area contributed by atoms with Crippen LogP contribution in [0.2, 0.25) is 0 Å². The van der Waals surface area contributed by atoms with Crippen molar-refractivity contribution in [3.8, 4) is 17.0 Å². The van der Waals surface area contributed by atoms with Gasteiger partial charge in [-0.2, -0.15) is 13.8 Å². The van der Waals surface area contributed by atoms with Crippen LogP contribution in [0.1, 0.15) is 12.8 Å². The number of fused-ring (bicyclic) bond motifs is 1. The van der Waals surface area contributed by atoms with Crippen molar-refractivity contribution < 1.29 is 18.3 Å². The van der Waals surface area contributed by atoms with Crippen LogP contribution in [0, 0.1) is 5.92 Å². The highest BCUT2D eigenvalue weighted by Gasteiger charge is 2.38. The van der Waals surface area contributed by atoms with Crippen LogP contribution >= 0.6 is 0 Å². The molecular weight excluding hydrogens is 382 g/mol. The number of halogens is 2. The summed E-state index contributed by atoms with van der Waals surface area (Å²) in [5.41, 5.74) is 6.82. The molecule has 0 saturated carbocycles. The maximum Gasteiger partial charge on any atom is 0.387 e. The normalized spacial score (nSPS) is 23.4. The lowest BCUT2D eigenvalue weighted by Crippen LogP contribution is -2.38. The fraction of sp³-hybridized carbons (Fsp3) is 0.526. The molecule has 2 aromatic rings. The largest absolute Gasteiger partial charge is 0.431 e. The van der Waals surface area contributed by atoms with Crippen LogP contribution in [0.25, 0.3) is 11.3 Å². The van der Waals surface area contributed by atoms with Crippen LogP contribution < -0.4 is 20.3 Å². The SMILES string of the molecule is Nc1ncc(-c2cc(N3CC4CCOC4C3)nc(N3CCC3)n2)cc1OC(F)F. The van der Waals surface area contributed by atoms with E-state index in [4.69, 9.17) is 15.5 Å². The van der Waals surface area contributed by atoms with Crippen LogP contribution in [-0.2, 0) is 4.74 Å². The summed E-state index contributed by atoms with van der Waals surface area (Å²) in [4.78, 5) is 17.7. The first-order chi connectivity index (χ1) is 14.1. The summed E-state index contributed by atoms with van der Waals surface area (Å²) in [5.74, 6) is 1.71. The monoisotopic (exact) mass is 404 g/mol. The van der Waals surface area contributed by atoms with Gasteiger partial charge in [-0.1, -0.05) is 0 Å². The Morgan fingerprint density at radius 2 is 2.03 bits per heavy atom. The van der Waals surface area contributed by atoms with Crippen LogP contribution in [0.3, 0.4) is 0 Å². The zero-order chi connectivity index (χ0) is 20.0. The molecule has 2 N–H and O–H groups in total. The summed E-state index contributed by atoms with van der Waals surface area (Å²) in [6.45, 7) is 1.33. The molecule has 2 unspecified atom stereocenters. The minimum atomic E-state index is -2.98. The number of ether oxygens (including phenoxy) is 2. The van der Waals surface area contributed by atoms with Gasteiger partial charge in [0, 0.05) is 56.5 Å². The molecule has 5 heterocycles. The van der Waals surface area contributed by atoms with Crippen LogP contribution in [-0.4, -0.2) is 60.5 Å². The summed E-state index contributed by atoms with van der Waals surface area (Å²) in [5, 5.41) is 0. The Bertz CT molecular complexity index is 898. The van der Waals surface area contributed by atoms with Gasteiger partial charge in [-0.3, -0.25) is 0 Å². The number of nitrogen functional groups attached to an aromatic ring is 1. The van der Waals surface area contributed by atoms with Crippen molar-refractivity contribution >= 4 is 17.6 Å². The molecule has 0 amide bonds. The first-order valence-electron chi connectivity index (χ1n) is 9.78. The zero-order valence-electron chi connectivity index (χ0n) is 15.8. The van der Waals surface area contributed by atoms with Gasteiger partial charge in [-0.15, -0.1) is 0 Å². The highest BCUT2D eigenvalue weighted by Crippen LogP contribution is 2.35. The molecule has 154 valence electrons. The van der Waals surface area contributed by atoms with Crippen LogP contribution in [0.5, 0.6) is 5.75 Å². The number of pyridine rings is 1. The third-order valence-corrected chi connectivity index (χ3v) is 5.76. The molecule has 3 fully saturated rings. The number of rotatable bonds is 5. The van der Waals surface area contributed by atoms with E-state index in [1.54, 1.807) is 0 Å². The van der Waals surface area contributed by atoms with E-state index in [0.29, 0.717) is 23.1 Å². The lowest BCUT2D eigenvalue weighted by atomic mass is 10.1. The highest BCUT2D eigenvalue weighted by atomic mass is 19.3. The molecule has 8 nitrogen and oxygen atoms in total. The van der Waals surface area contributed by atoms with Crippen molar-refractivity contribution in [2.24, 2.45) is 5.92 Å². The smallest absolute Gasteiger partial charge is 0.387 e. The maximum absolute atomic E-state index is 12.7. The number of aromatic nitrogens is 3. The van der Waals surface area contributed by atoms with Crippen LogP contribution in [0.15, 0.2) is 18.3 Å². The molecule has 3 aliphatic heterocycles. The molecular formula is C19H22F2N6O2. The van der Waals surface area contributed by atoms with Gasteiger partial charge < -0.3 is 25.0 Å². The Balaban J connectivity index is 1.51. The third kappa shape index (κ3) is 3.52. The van der Waals surface area contributed by atoms with Crippen molar-refractivity contribution in [1.82, 2.24) is 15.0 Å². The predicted molar refractivity (Wildman–Crippen MR) is 103 cm³/mol. The second-order valence-corrected chi connectivity index (χ2v) is 7.60. The summed E-state index contributed by atoms with van der Waals surface area (Å²) >= 11 is 0. The Morgan fingerprint density at radius 1 is 1.17 bits per heavy atom. The highest BCUT2D eigenvalue weighted by molar-refractivity contribution is 5.68. The molecule has 2 aromatic heterocycles. The zero-order valence-corrected chi connectivity index (χ0v) is 15.8. The van der Waals surface area contributed by atoms with Gasteiger partial charge in [0.15, 0.2) is 11.6 Å². The lowest BCUT2D eigenvalue weighted by Gasteiger charge is -2.32. The molecule has 3 aliphatic rings.